The van der Waals surface area contributed by atoms with Crippen molar-refractivity contribution in [3.63, 3.8) is 0 Å². The van der Waals surface area contributed by atoms with Gasteiger partial charge < -0.3 is 15.0 Å². The van der Waals surface area contributed by atoms with E-state index >= 15 is 0 Å². The summed E-state index contributed by atoms with van der Waals surface area (Å²) in [5.74, 6) is 0.298. The second kappa shape index (κ2) is 9.12. The summed E-state index contributed by atoms with van der Waals surface area (Å²) in [5, 5.41) is 6.33. The minimum atomic E-state index is -0.420. The molecule has 2 aromatic rings. The van der Waals surface area contributed by atoms with Crippen molar-refractivity contribution in [1.29, 1.82) is 0 Å². The van der Waals surface area contributed by atoms with Gasteiger partial charge in [-0.15, -0.1) is 11.3 Å². The lowest BCUT2D eigenvalue weighted by molar-refractivity contribution is 0.119. The molecule has 1 aromatic heterocycles. The number of rotatable bonds is 6. The predicted molar refractivity (Wildman–Crippen MR) is 101 cm³/mol. The lowest BCUT2D eigenvalue weighted by Crippen LogP contribution is -2.38. The zero-order valence-electron chi connectivity index (χ0n) is 14.7. The predicted octanol–water partition coefficient (Wildman–Crippen LogP) is 3.85. The molecule has 0 aliphatic heterocycles. The zero-order valence-corrected chi connectivity index (χ0v) is 16.3. The molecule has 0 amide bonds. The molecule has 136 valence electrons. The van der Waals surface area contributed by atoms with E-state index in [0.717, 1.165) is 22.2 Å². The van der Waals surface area contributed by atoms with Crippen LogP contribution in [0.25, 0.3) is 0 Å². The number of ether oxygens (including phenoxy) is 1. The fourth-order valence-corrected chi connectivity index (χ4v) is 3.26. The standard InChI is InChI=1S/C17H22ClFN4OS/c1-11(24-4)16-22-13(10-25-16)9-23(3)17(20-2)21-8-12-5-6-15(19)14(18)7-12/h5-7,10-11H,8-9H2,1-4H3,(H,20,21). The van der Waals surface area contributed by atoms with Crippen LogP contribution in [-0.4, -0.2) is 37.0 Å². The molecule has 1 aromatic carbocycles. The number of benzene rings is 1. The van der Waals surface area contributed by atoms with Crippen LogP contribution in [0.3, 0.4) is 0 Å². The van der Waals surface area contributed by atoms with Crippen LogP contribution < -0.4 is 5.32 Å². The van der Waals surface area contributed by atoms with Gasteiger partial charge in [0, 0.05) is 33.1 Å². The van der Waals surface area contributed by atoms with Gasteiger partial charge in [-0.05, 0) is 24.6 Å². The monoisotopic (exact) mass is 384 g/mol. The van der Waals surface area contributed by atoms with Crippen LogP contribution >= 0.6 is 22.9 Å². The number of hydrogen-bond acceptors (Lipinski definition) is 4. The van der Waals surface area contributed by atoms with E-state index in [9.17, 15) is 4.39 Å². The van der Waals surface area contributed by atoms with E-state index < -0.39 is 5.82 Å². The zero-order chi connectivity index (χ0) is 18.4. The van der Waals surface area contributed by atoms with Crippen molar-refractivity contribution in [2.24, 2.45) is 4.99 Å². The molecule has 1 unspecified atom stereocenters. The quantitative estimate of drug-likeness (QED) is 0.607. The molecule has 5 nitrogen and oxygen atoms in total. The Kier molecular flexibility index (Phi) is 7.16. The number of methoxy groups -OCH3 is 1. The molecule has 1 atom stereocenters. The first-order valence-corrected chi connectivity index (χ1v) is 9.03. The maximum Gasteiger partial charge on any atom is 0.194 e. The lowest BCUT2D eigenvalue weighted by Gasteiger charge is -2.21. The molecule has 25 heavy (non-hydrogen) atoms. The van der Waals surface area contributed by atoms with Gasteiger partial charge >= 0.3 is 0 Å². The molecule has 1 N–H and O–H groups in total. The van der Waals surface area contributed by atoms with Crippen molar-refractivity contribution in [2.75, 3.05) is 21.2 Å². The molecule has 8 heteroatoms. The van der Waals surface area contributed by atoms with Crippen LogP contribution in [-0.2, 0) is 17.8 Å². The van der Waals surface area contributed by atoms with Crippen LogP contribution in [0.15, 0.2) is 28.6 Å². The van der Waals surface area contributed by atoms with Crippen molar-refractivity contribution in [3.05, 3.63) is 50.7 Å². The molecule has 1 heterocycles. The smallest absolute Gasteiger partial charge is 0.194 e. The van der Waals surface area contributed by atoms with Gasteiger partial charge in [-0.2, -0.15) is 0 Å². The molecule has 0 saturated carbocycles. The summed E-state index contributed by atoms with van der Waals surface area (Å²) in [7, 11) is 5.33. The number of hydrogen-bond donors (Lipinski definition) is 1. The van der Waals surface area contributed by atoms with Gasteiger partial charge in [0.2, 0.25) is 0 Å². The van der Waals surface area contributed by atoms with E-state index in [2.05, 4.69) is 15.3 Å². The number of nitrogens with one attached hydrogen (secondary N) is 1. The second-order valence-corrected chi connectivity index (χ2v) is 6.86. The highest BCUT2D eigenvalue weighted by Crippen LogP contribution is 2.21. The Morgan fingerprint density at radius 2 is 2.28 bits per heavy atom. The average Bonchev–Trinajstić information content (AvgIpc) is 3.06. The van der Waals surface area contributed by atoms with Crippen LogP contribution in [0.1, 0.15) is 29.3 Å². The largest absolute Gasteiger partial charge is 0.375 e. The van der Waals surface area contributed by atoms with Gasteiger partial charge in [0.25, 0.3) is 0 Å². The Morgan fingerprint density at radius 1 is 1.52 bits per heavy atom. The second-order valence-electron chi connectivity index (χ2n) is 5.56. The van der Waals surface area contributed by atoms with Crippen molar-refractivity contribution >= 4 is 28.9 Å². The molecule has 0 aliphatic rings. The third-order valence-corrected chi connectivity index (χ3v) is 5.02. The first-order valence-electron chi connectivity index (χ1n) is 7.77. The van der Waals surface area contributed by atoms with E-state index in [-0.39, 0.29) is 11.1 Å². The summed E-state index contributed by atoms with van der Waals surface area (Å²) in [6.45, 7) is 3.09. The molecule has 0 aliphatic carbocycles. The Morgan fingerprint density at radius 3 is 2.92 bits per heavy atom. The first kappa shape index (κ1) is 19.6. The fraction of sp³-hybridized carbons (Fsp3) is 0.412. The summed E-state index contributed by atoms with van der Waals surface area (Å²) in [6.07, 6.45) is -0.00952. The van der Waals surface area contributed by atoms with E-state index in [4.69, 9.17) is 16.3 Å². The highest BCUT2D eigenvalue weighted by molar-refractivity contribution is 7.09. The Bertz CT molecular complexity index is 737. The van der Waals surface area contributed by atoms with Crippen LogP contribution in [0.2, 0.25) is 5.02 Å². The van der Waals surface area contributed by atoms with E-state index in [0.29, 0.717) is 13.1 Å². The third-order valence-electron chi connectivity index (χ3n) is 3.68. The maximum absolute atomic E-state index is 13.2. The minimum absolute atomic E-state index is 0.00952. The molecule has 0 spiro atoms. The third kappa shape index (κ3) is 5.39. The van der Waals surface area contributed by atoms with E-state index in [1.54, 1.807) is 37.6 Å². The van der Waals surface area contributed by atoms with Gasteiger partial charge in [0.15, 0.2) is 5.96 Å². The number of thiazole rings is 1. The maximum atomic E-state index is 13.2. The summed E-state index contributed by atoms with van der Waals surface area (Å²) in [5.41, 5.74) is 1.84. The Labute approximate surface area is 156 Å². The normalized spacial score (nSPS) is 13.0. The number of halogens is 2. The van der Waals surface area contributed by atoms with Gasteiger partial charge in [0.05, 0.1) is 17.3 Å². The molecule has 0 radical (unpaired) electrons. The summed E-state index contributed by atoms with van der Waals surface area (Å²) in [4.78, 5) is 10.8. The van der Waals surface area contributed by atoms with Crippen molar-refractivity contribution in [3.8, 4) is 0 Å². The van der Waals surface area contributed by atoms with Gasteiger partial charge in [0.1, 0.15) is 16.9 Å². The fourth-order valence-electron chi connectivity index (χ4n) is 2.22. The van der Waals surface area contributed by atoms with Crippen molar-refractivity contribution < 1.29 is 9.13 Å². The number of nitrogens with zero attached hydrogens (tertiary/aromatic N) is 3. The average molecular weight is 385 g/mol. The number of guanidine groups is 1. The number of aliphatic imine (C=N–C) groups is 1. The molecule has 2 rings (SSSR count). The van der Waals surface area contributed by atoms with Crippen LogP contribution in [0.4, 0.5) is 4.39 Å². The Hall–Kier alpha value is -1.70. The molecule has 0 bridgehead atoms. The van der Waals surface area contributed by atoms with Gasteiger partial charge in [-0.3, -0.25) is 4.99 Å². The Balaban J connectivity index is 1.95. The topological polar surface area (TPSA) is 49.8 Å². The summed E-state index contributed by atoms with van der Waals surface area (Å²) < 4.78 is 18.5. The SMILES string of the molecule is CN=C(NCc1ccc(F)c(Cl)c1)N(C)Cc1csc(C(C)OC)n1. The van der Waals surface area contributed by atoms with Crippen molar-refractivity contribution in [1.82, 2.24) is 15.2 Å². The highest BCUT2D eigenvalue weighted by atomic mass is 35.5. The molecule has 0 saturated heterocycles. The minimum Gasteiger partial charge on any atom is -0.375 e. The molecular weight excluding hydrogens is 363 g/mol. The van der Waals surface area contributed by atoms with Gasteiger partial charge in [-0.1, -0.05) is 17.7 Å². The summed E-state index contributed by atoms with van der Waals surface area (Å²) in [6, 6.07) is 4.66. The van der Waals surface area contributed by atoms with Crippen LogP contribution in [0, 0.1) is 5.82 Å². The van der Waals surface area contributed by atoms with Gasteiger partial charge in [-0.25, -0.2) is 9.37 Å². The van der Waals surface area contributed by atoms with Crippen molar-refractivity contribution in [2.45, 2.75) is 26.1 Å². The molecular formula is C17H22ClFN4OS. The van der Waals surface area contributed by atoms with E-state index in [1.165, 1.54) is 6.07 Å². The first-order chi connectivity index (χ1) is 11.9. The lowest BCUT2D eigenvalue weighted by atomic mass is 10.2. The van der Waals surface area contributed by atoms with E-state index in [1.807, 2.05) is 24.3 Å². The van der Waals surface area contributed by atoms with Crippen LogP contribution in [0.5, 0.6) is 0 Å². The summed E-state index contributed by atoms with van der Waals surface area (Å²) >= 11 is 7.40. The number of aromatic nitrogens is 1. The highest BCUT2D eigenvalue weighted by Gasteiger charge is 2.13. The molecule has 0 fully saturated rings.